The molecule has 110 valence electrons. The summed E-state index contributed by atoms with van der Waals surface area (Å²) in [5, 5.41) is 3.13. The van der Waals surface area contributed by atoms with E-state index in [1.54, 1.807) is 0 Å². The van der Waals surface area contributed by atoms with Gasteiger partial charge in [0.05, 0.1) is 0 Å². The van der Waals surface area contributed by atoms with Crippen molar-refractivity contribution in [2.24, 2.45) is 0 Å². The first-order chi connectivity index (χ1) is 9.52. The second-order valence-corrected chi connectivity index (χ2v) is 5.84. The Morgan fingerprint density at radius 3 is 2.80 bits per heavy atom. The fraction of sp³-hybridized carbons (Fsp3) is 0.562. The average molecular weight is 275 g/mol. The van der Waals surface area contributed by atoms with Crippen molar-refractivity contribution in [3.63, 3.8) is 0 Å². The summed E-state index contributed by atoms with van der Waals surface area (Å²) < 4.78 is 0. The number of aryl methyl sites for hydroxylation is 1. The lowest BCUT2D eigenvalue weighted by molar-refractivity contribution is 0.0716. The molecule has 4 nitrogen and oxygen atoms in total. The van der Waals surface area contributed by atoms with Gasteiger partial charge in [-0.05, 0) is 57.6 Å². The molecule has 1 atom stereocenters. The summed E-state index contributed by atoms with van der Waals surface area (Å²) in [5.74, 6) is 0.167. The Balaban J connectivity index is 2.16. The van der Waals surface area contributed by atoms with E-state index in [1.807, 2.05) is 37.1 Å². The predicted octanol–water partition coefficient (Wildman–Crippen LogP) is 2.20. The van der Waals surface area contributed by atoms with Crippen molar-refractivity contribution in [3.05, 3.63) is 29.3 Å². The molecule has 1 heterocycles. The zero-order valence-electron chi connectivity index (χ0n) is 12.9. The minimum absolute atomic E-state index is 0.167. The zero-order valence-corrected chi connectivity index (χ0v) is 12.9. The van der Waals surface area contributed by atoms with Crippen LogP contribution in [0.15, 0.2) is 18.2 Å². The van der Waals surface area contributed by atoms with Crippen molar-refractivity contribution >= 4 is 11.6 Å². The molecule has 0 aromatic heterocycles. The van der Waals surface area contributed by atoms with Gasteiger partial charge in [0.1, 0.15) is 0 Å². The summed E-state index contributed by atoms with van der Waals surface area (Å²) in [4.78, 5) is 16.9. The lowest BCUT2D eigenvalue weighted by Gasteiger charge is -2.27. The van der Waals surface area contributed by atoms with Crippen LogP contribution >= 0.6 is 0 Å². The van der Waals surface area contributed by atoms with Gasteiger partial charge in [-0.1, -0.05) is 0 Å². The van der Waals surface area contributed by atoms with Gasteiger partial charge >= 0.3 is 0 Å². The maximum Gasteiger partial charge on any atom is 0.254 e. The molecule has 0 bridgehead atoms. The second kappa shape index (κ2) is 6.27. The first-order valence-electron chi connectivity index (χ1n) is 7.27. The minimum Gasteiger partial charge on any atom is -0.388 e. The first kappa shape index (κ1) is 14.9. The van der Waals surface area contributed by atoms with E-state index in [2.05, 4.69) is 24.3 Å². The molecule has 1 fully saturated rings. The summed E-state index contributed by atoms with van der Waals surface area (Å²) in [6, 6.07) is 6.24. The van der Waals surface area contributed by atoms with Crippen molar-refractivity contribution < 1.29 is 4.79 Å². The van der Waals surface area contributed by atoms with Crippen molar-refractivity contribution in [2.45, 2.75) is 25.8 Å². The molecule has 4 heteroatoms. The maximum atomic E-state index is 12.7. The Labute approximate surface area is 121 Å². The Hall–Kier alpha value is -1.55. The van der Waals surface area contributed by atoms with Gasteiger partial charge in [0, 0.05) is 37.4 Å². The average Bonchev–Trinajstić information content (AvgIpc) is 2.85. The van der Waals surface area contributed by atoms with Crippen LogP contribution in [0.25, 0.3) is 0 Å². The number of nitrogens with zero attached hydrogens (tertiary/aromatic N) is 2. The molecule has 1 saturated heterocycles. The van der Waals surface area contributed by atoms with E-state index >= 15 is 0 Å². The number of carbonyl (C=O) groups excluding carboxylic acids is 1. The minimum atomic E-state index is 0.167. The number of rotatable bonds is 4. The van der Waals surface area contributed by atoms with Gasteiger partial charge in [-0.3, -0.25) is 4.79 Å². The number of hydrogen-bond donors (Lipinski definition) is 1. The number of hydrogen-bond acceptors (Lipinski definition) is 3. The fourth-order valence-electron chi connectivity index (χ4n) is 2.96. The van der Waals surface area contributed by atoms with E-state index in [9.17, 15) is 4.79 Å². The van der Waals surface area contributed by atoms with Crippen LogP contribution in [0.2, 0.25) is 0 Å². The van der Waals surface area contributed by atoms with Crippen LogP contribution in [0.4, 0.5) is 5.69 Å². The standard InChI is InChI=1S/C16H25N3O/c1-12-10-13(7-8-15(12)17-2)16(20)19-9-5-6-14(19)11-18(3)4/h7-8,10,14,17H,5-6,9,11H2,1-4H3. The van der Waals surface area contributed by atoms with E-state index in [4.69, 9.17) is 0 Å². The number of carbonyl (C=O) groups is 1. The largest absolute Gasteiger partial charge is 0.388 e. The molecule has 1 aliphatic rings. The summed E-state index contributed by atoms with van der Waals surface area (Å²) >= 11 is 0. The normalized spacial score (nSPS) is 18.6. The number of amides is 1. The van der Waals surface area contributed by atoms with Gasteiger partial charge in [0.25, 0.3) is 5.91 Å². The molecular weight excluding hydrogens is 250 g/mol. The van der Waals surface area contributed by atoms with E-state index < -0.39 is 0 Å². The number of benzene rings is 1. The number of likely N-dealkylation sites (tertiary alicyclic amines) is 1. The van der Waals surface area contributed by atoms with E-state index in [-0.39, 0.29) is 5.91 Å². The summed E-state index contributed by atoms with van der Waals surface area (Å²) in [5.41, 5.74) is 2.99. The van der Waals surface area contributed by atoms with Crippen LogP contribution in [-0.4, -0.2) is 56.0 Å². The Morgan fingerprint density at radius 2 is 2.20 bits per heavy atom. The monoisotopic (exact) mass is 275 g/mol. The van der Waals surface area contributed by atoms with E-state index in [1.165, 1.54) is 0 Å². The van der Waals surface area contributed by atoms with Crippen LogP contribution in [0.5, 0.6) is 0 Å². The van der Waals surface area contributed by atoms with E-state index in [0.717, 1.165) is 42.7 Å². The summed E-state index contributed by atoms with van der Waals surface area (Å²) in [6.45, 7) is 3.85. The Bertz CT molecular complexity index is 485. The first-order valence-corrected chi connectivity index (χ1v) is 7.27. The zero-order chi connectivity index (χ0) is 14.7. The van der Waals surface area contributed by atoms with Crippen LogP contribution in [0, 0.1) is 6.92 Å². The van der Waals surface area contributed by atoms with Crippen LogP contribution < -0.4 is 5.32 Å². The number of anilines is 1. The van der Waals surface area contributed by atoms with Crippen molar-refractivity contribution in [2.75, 3.05) is 39.5 Å². The van der Waals surface area contributed by atoms with Crippen LogP contribution in [0.1, 0.15) is 28.8 Å². The summed E-state index contributed by atoms with van der Waals surface area (Å²) in [7, 11) is 6.02. The molecule has 1 aromatic carbocycles. The molecule has 0 spiro atoms. The Kier molecular flexibility index (Phi) is 4.65. The highest BCUT2D eigenvalue weighted by atomic mass is 16.2. The molecule has 1 aliphatic heterocycles. The van der Waals surface area contributed by atoms with Gasteiger partial charge in [-0.2, -0.15) is 0 Å². The molecule has 0 saturated carbocycles. The van der Waals surface area contributed by atoms with Gasteiger partial charge in [-0.25, -0.2) is 0 Å². The molecule has 1 aromatic rings. The van der Waals surface area contributed by atoms with E-state index in [0.29, 0.717) is 6.04 Å². The quantitative estimate of drug-likeness (QED) is 0.915. The molecule has 0 radical (unpaired) electrons. The molecule has 1 amide bonds. The van der Waals surface area contributed by atoms with Gasteiger partial charge < -0.3 is 15.1 Å². The molecule has 20 heavy (non-hydrogen) atoms. The SMILES string of the molecule is CNc1ccc(C(=O)N2CCCC2CN(C)C)cc1C. The third-order valence-corrected chi connectivity index (χ3v) is 3.96. The van der Waals surface area contributed by atoms with Gasteiger partial charge in [0.2, 0.25) is 0 Å². The smallest absolute Gasteiger partial charge is 0.254 e. The molecule has 2 rings (SSSR count). The van der Waals surface area contributed by atoms with Crippen LogP contribution in [-0.2, 0) is 0 Å². The third kappa shape index (κ3) is 3.12. The fourth-order valence-corrected chi connectivity index (χ4v) is 2.96. The second-order valence-electron chi connectivity index (χ2n) is 5.84. The number of likely N-dealkylation sites (N-methyl/N-ethyl adjacent to an activating group) is 1. The van der Waals surface area contributed by atoms with Gasteiger partial charge in [-0.15, -0.1) is 0 Å². The molecule has 0 aliphatic carbocycles. The highest BCUT2D eigenvalue weighted by molar-refractivity contribution is 5.95. The predicted molar refractivity (Wildman–Crippen MR) is 83.3 cm³/mol. The third-order valence-electron chi connectivity index (χ3n) is 3.96. The highest BCUT2D eigenvalue weighted by Gasteiger charge is 2.29. The van der Waals surface area contributed by atoms with Crippen LogP contribution in [0.3, 0.4) is 0 Å². The molecule has 1 unspecified atom stereocenters. The molecular formula is C16H25N3O. The van der Waals surface area contributed by atoms with Crippen molar-refractivity contribution in [3.8, 4) is 0 Å². The lowest BCUT2D eigenvalue weighted by Crippen LogP contribution is -2.41. The lowest BCUT2D eigenvalue weighted by atomic mass is 10.1. The van der Waals surface area contributed by atoms with Gasteiger partial charge in [0.15, 0.2) is 0 Å². The maximum absolute atomic E-state index is 12.7. The highest BCUT2D eigenvalue weighted by Crippen LogP contribution is 2.23. The van der Waals surface area contributed by atoms with Crippen molar-refractivity contribution in [1.82, 2.24) is 9.80 Å². The van der Waals surface area contributed by atoms with Crippen molar-refractivity contribution in [1.29, 1.82) is 0 Å². The number of nitrogens with one attached hydrogen (secondary N) is 1. The molecule has 1 N–H and O–H groups in total. The topological polar surface area (TPSA) is 35.6 Å². The summed E-state index contributed by atoms with van der Waals surface area (Å²) in [6.07, 6.45) is 2.22. The Morgan fingerprint density at radius 1 is 1.45 bits per heavy atom.